The molecule has 0 aliphatic carbocycles. The number of aryl methyl sites for hydroxylation is 2. The number of aromatic nitrogens is 6. The van der Waals surface area contributed by atoms with Crippen molar-refractivity contribution in [1.29, 1.82) is 0 Å². The smallest absolute Gasteiger partial charge is 0.154 e. The van der Waals surface area contributed by atoms with E-state index in [2.05, 4.69) is 31.2 Å². The Morgan fingerprint density at radius 2 is 2.05 bits per heavy atom. The Morgan fingerprint density at radius 3 is 2.77 bits per heavy atom. The summed E-state index contributed by atoms with van der Waals surface area (Å²) in [5, 5.41) is 12.7. The Hall–Kier alpha value is -2.44. The molecule has 0 radical (unpaired) electrons. The fourth-order valence-electron chi connectivity index (χ4n) is 3.29. The van der Waals surface area contributed by atoms with Gasteiger partial charge in [0.2, 0.25) is 0 Å². The van der Waals surface area contributed by atoms with Crippen molar-refractivity contribution >= 4 is 11.3 Å². The van der Waals surface area contributed by atoms with E-state index in [9.17, 15) is 0 Å². The Kier molecular flexibility index (Phi) is 3.06. The van der Waals surface area contributed by atoms with Crippen molar-refractivity contribution in [3.05, 3.63) is 36.3 Å². The third kappa shape index (κ3) is 2.13. The SMILES string of the molecule is Cc1cc2c(N3CCC(c4nncn4C)CC3)nccn2n1. The van der Waals surface area contributed by atoms with Crippen LogP contribution >= 0.6 is 0 Å². The standard InChI is InChI=1S/C15H19N7/c1-11-9-13-15(16-5-8-22(13)19-11)21-6-3-12(4-7-21)14-18-17-10-20(14)2/h5,8-10,12H,3-4,6-7H2,1-2H3. The van der Waals surface area contributed by atoms with E-state index < -0.39 is 0 Å². The fraction of sp³-hybridized carbons (Fsp3) is 0.467. The van der Waals surface area contributed by atoms with Crippen molar-refractivity contribution in [1.82, 2.24) is 29.4 Å². The maximum Gasteiger partial charge on any atom is 0.154 e. The molecule has 0 unspecified atom stereocenters. The molecule has 0 N–H and O–H groups in total. The van der Waals surface area contributed by atoms with Crippen molar-refractivity contribution in [2.75, 3.05) is 18.0 Å². The minimum atomic E-state index is 0.482. The van der Waals surface area contributed by atoms with Gasteiger partial charge in [0.05, 0.1) is 5.69 Å². The van der Waals surface area contributed by atoms with Gasteiger partial charge in [-0.1, -0.05) is 0 Å². The van der Waals surface area contributed by atoms with Crippen molar-refractivity contribution in [3.8, 4) is 0 Å². The third-order valence-corrected chi connectivity index (χ3v) is 4.40. The van der Waals surface area contributed by atoms with Crippen LogP contribution in [0.25, 0.3) is 5.52 Å². The average Bonchev–Trinajstić information content (AvgIpc) is 3.11. The van der Waals surface area contributed by atoms with Crippen LogP contribution in [0.3, 0.4) is 0 Å². The minimum Gasteiger partial charge on any atom is -0.355 e. The molecule has 114 valence electrons. The van der Waals surface area contributed by atoms with Crippen molar-refractivity contribution < 1.29 is 0 Å². The van der Waals surface area contributed by atoms with E-state index in [1.165, 1.54) is 0 Å². The van der Waals surface area contributed by atoms with E-state index in [1.54, 1.807) is 6.33 Å². The number of hydrogen-bond donors (Lipinski definition) is 0. The zero-order valence-corrected chi connectivity index (χ0v) is 12.8. The normalized spacial score (nSPS) is 16.5. The number of rotatable bonds is 2. The molecule has 0 saturated carbocycles. The number of fused-ring (bicyclic) bond motifs is 1. The lowest BCUT2D eigenvalue weighted by molar-refractivity contribution is 0.472. The molecule has 4 heterocycles. The third-order valence-electron chi connectivity index (χ3n) is 4.40. The summed E-state index contributed by atoms with van der Waals surface area (Å²) in [4.78, 5) is 6.93. The highest BCUT2D eigenvalue weighted by atomic mass is 15.3. The van der Waals surface area contributed by atoms with Crippen LogP contribution in [0.2, 0.25) is 0 Å². The van der Waals surface area contributed by atoms with Crippen LogP contribution < -0.4 is 4.90 Å². The van der Waals surface area contributed by atoms with Gasteiger partial charge in [0, 0.05) is 38.4 Å². The Balaban J connectivity index is 1.57. The highest BCUT2D eigenvalue weighted by Crippen LogP contribution is 2.30. The van der Waals surface area contributed by atoms with Crippen LogP contribution in [0.15, 0.2) is 24.8 Å². The first-order chi connectivity index (χ1) is 10.7. The summed E-state index contributed by atoms with van der Waals surface area (Å²) in [5.74, 6) is 2.60. The van der Waals surface area contributed by atoms with Crippen LogP contribution in [0, 0.1) is 6.92 Å². The molecule has 3 aromatic heterocycles. The molecule has 7 nitrogen and oxygen atoms in total. The molecular formula is C15H19N7. The van der Waals surface area contributed by atoms with Gasteiger partial charge in [0.15, 0.2) is 5.82 Å². The van der Waals surface area contributed by atoms with Gasteiger partial charge in [-0.2, -0.15) is 5.10 Å². The van der Waals surface area contributed by atoms with Crippen LogP contribution in [0.5, 0.6) is 0 Å². The first kappa shape index (κ1) is 13.2. The van der Waals surface area contributed by atoms with E-state index in [-0.39, 0.29) is 0 Å². The predicted octanol–water partition coefficient (Wildman–Crippen LogP) is 1.55. The van der Waals surface area contributed by atoms with Crippen LogP contribution in [-0.2, 0) is 7.05 Å². The monoisotopic (exact) mass is 297 g/mol. The Labute approximate surface area is 128 Å². The maximum absolute atomic E-state index is 4.58. The maximum atomic E-state index is 4.58. The Morgan fingerprint density at radius 1 is 1.23 bits per heavy atom. The van der Waals surface area contributed by atoms with Gasteiger partial charge < -0.3 is 9.47 Å². The minimum absolute atomic E-state index is 0.482. The topological polar surface area (TPSA) is 64.1 Å². The molecule has 4 rings (SSSR count). The van der Waals surface area contributed by atoms with Crippen LogP contribution in [0.4, 0.5) is 5.82 Å². The van der Waals surface area contributed by atoms with Gasteiger partial charge in [-0.15, -0.1) is 10.2 Å². The van der Waals surface area contributed by atoms with Gasteiger partial charge in [0.25, 0.3) is 0 Å². The predicted molar refractivity (Wildman–Crippen MR) is 82.9 cm³/mol. The second-order valence-corrected chi connectivity index (χ2v) is 5.93. The highest BCUT2D eigenvalue weighted by molar-refractivity contribution is 5.69. The molecule has 0 amide bonds. The van der Waals surface area contributed by atoms with Gasteiger partial charge >= 0.3 is 0 Å². The van der Waals surface area contributed by atoms with E-state index in [1.807, 2.05) is 35.4 Å². The molecule has 3 aromatic rings. The summed E-state index contributed by atoms with van der Waals surface area (Å²) in [6, 6.07) is 2.09. The van der Waals surface area contributed by atoms with Gasteiger partial charge in [-0.25, -0.2) is 9.50 Å². The van der Waals surface area contributed by atoms with E-state index in [0.29, 0.717) is 5.92 Å². The lowest BCUT2D eigenvalue weighted by Gasteiger charge is -2.32. The van der Waals surface area contributed by atoms with E-state index in [0.717, 1.165) is 48.8 Å². The lowest BCUT2D eigenvalue weighted by Crippen LogP contribution is -2.34. The zero-order chi connectivity index (χ0) is 15.1. The highest BCUT2D eigenvalue weighted by Gasteiger charge is 2.25. The summed E-state index contributed by atoms with van der Waals surface area (Å²) < 4.78 is 3.94. The molecule has 0 bridgehead atoms. The molecule has 1 aliphatic rings. The lowest BCUT2D eigenvalue weighted by atomic mass is 9.96. The molecule has 0 spiro atoms. The molecular weight excluding hydrogens is 278 g/mol. The second-order valence-electron chi connectivity index (χ2n) is 5.93. The molecule has 22 heavy (non-hydrogen) atoms. The molecule has 0 aromatic carbocycles. The van der Waals surface area contributed by atoms with Crippen LogP contribution in [-0.4, -0.2) is 42.5 Å². The van der Waals surface area contributed by atoms with Gasteiger partial charge in [-0.05, 0) is 25.8 Å². The summed E-state index contributed by atoms with van der Waals surface area (Å²) in [5.41, 5.74) is 2.10. The van der Waals surface area contributed by atoms with Crippen molar-refractivity contribution in [2.24, 2.45) is 7.05 Å². The summed E-state index contributed by atoms with van der Waals surface area (Å²) in [6.45, 7) is 3.97. The first-order valence-electron chi connectivity index (χ1n) is 7.62. The fourth-order valence-corrected chi connectivity index (χ4v) is 3.29. The Bertz CT molecular complexity index is 795. The molecule has 7 heteroatoms. The summed E-state index contributed by atoms with van der Waals surface area (Å²) in [6.07, 6.45) is 7.64. The number of piperidine rings is 1. The van der Waals surface area contributed by atoms with Gasteiger partial charge in [-0.3, -0.25) is 0 Å². The summed E-state index contributed by atoms with van der Waals surface area (Å²) >= 11 is 0. The number of anilines is 1. The average molecular weight is 297 g/mol. The first-order valence-corrected chi connectivity index (χ1v) is 7.62. The van der Waals surface area contributed by atoms with Crippen molar-refractivity contribution in [3.63, 3.8) is 0 Å². The number of nitrogens with zero attached hydrogens (tertiary/aromatic N) is 7. The zero-order valence-electron chi connectivity index (χ0n) is 12.8. The molecule has 1 aliphatic heterocycles. The van der Waals surface area contributed by atoms with E-state index in [4.69, 9.17) is 0 Å². The quantitative estimate of drug-likeness (QED) is 0.718. The van der Waals surface area contributed by atoms with Crippen LogP contribution in [0.1, 0.15) is 30.3 Å². The van der Waals surface area contributed by atoms with Crippen molar-refractivity contribution in [2.45, 2.75) is 25.7 Å². The van der Waals surface area contributed by atoms with Gasteiger partial charge in [0.1, 0.15) is 17.7 Å². The molecule has 1 saturated heterocycles. The molecule has 1 fully saturated rings. The molecule has 0 atom stereocenters. The second kappa shape index (κ2) is 5.08. The largest absolute Gasteiger partial charge is 0.355 e. The summed E-state index contributed by atoms with van der Waals surface area (Å²) in [7, 11) is 2.01. The van der Waals surface area contributed by atoms with E-state index >= 15 is 0 Å². The number of hydrogen-bond acceptors (Lipinski definition) is 5.